The summed E-state index contributed by atoms with van der Waals surface area (Å²) < 4.78 is 7.50. The van der Waals surface area contributed by atoms with E-state index in [1.807, 2.05) is 36.6 Å². The molecule has 5 heteroatoms. The van der Waals surface area contributed by atoms with Gasteiger partial charge in [-0.05, 0) is 32.9 Å². The fourth-order valence-electron chi connectivity index (χ4n) is 2.19. The summed E-state index contributed by atoms with van der Waals surface area (Å²) in [6.45, 7) is 6.65. The van der Waals surface area contributed by atoms with Gasteiger partial charge < -0.3 is 9.30 Å². The van der Waals surface area contributed by atoms with Crippen LogP contribution in [0.1, 0.15) is 38.4 Å². The van der Waals surface area contributed by atoms with Crippen LogP contribution in [0.4, 0.5) is 0 Å². The number of aryl methyl sites for hydroxylation is 1. The molecule has 0 spiro atoms. The molecule has 1 aromatic carbocycles. The lowest BCUT2D eigenvalue weighted by atomic mass is 10.2. The molecule has 0 radical (unpaired) electrons. The van der Waals surface area contributed by atoms with Crippen molar-refractivity contribution in [2.45, 2.75) is 39.1 Å². The summed E-state index contributed by atoms with van der Waals surface area (Å²) >= 11 is 6.20. The number of carbonyl (C=O) groups excluding carboxylic acids is 1. The number of ketones is 1. The Morgan fingerprint density at radius 1 is 1.50 bits per heavy atom. The van der Waals surface area contributed by atoms with E-state index in [-0.39, 0.29) is 11.2 Å². The Morgan fingerprint density at radius 3 is 2.85 bits per heavy atom. The average molecular weight is 295 g/mol. The zero-order valence-electron chi connectivity index (χ0n) is 12.0. The molecule has 1 heterocycles. The minimum atomic E-state index is -0.204. The highest BCUT2D eigenvalue weighted by atomic mass is 35.5. The van der Waals surface area contributed by atoms with E-state index in [4.69, 9.17) is 16.3 Å². The Morgan fingerprint density at radius 2 is 2.25 bits per heavy atom. The zero-order chi connectivity index (χ0) is 14.7. The number of imidazole rings is 1. The van der Waals surface area contributed by atoms with Crippen molar-refractivity contribution in [1.82, 2.24) is 9.55 Å². The number of hydrogen-bond acceptors (Lipinski definition) is 3. The van der Waals surface area contributed by atoms with Gasteiger partial charge in [-0.15, -0.1) is 11.6 Å². The lowest BCUT2D eigenvalue weighted by molar-refractivity contribution is -0.117. The average Bonchev–Trinajstić information content (AvgIpc) is 2.74. The summed E-state index contributed by atoms with van der Waals surface area (Å²) in [5.41, 5.74) is 1.83. The van der Waals surface area contributed by atoms with Gasteiger partial charge in [0.05, 0.1) is 23.0 Å². The Kier molecular flexibility index (Phi) is 4.65. The monoisotopic (exact) mass is 294 g/mol. The number of ether oxygens (including phenoxy) is 1. The first-order valence-electron chi connectivity index (χ1n) is 6.79. The van der Waals surface area contributed by atoms with Gasteiger partial charge >= 0.3 is 0 Å². The maximum Gasteiger partial charge on any atom is 0.131 e. The van der Waals surface area contributed by atoms with Crippen LogP contribution in [0.25, 0.3) is 11.0 Å². The van der Waals surface area contributed by atoms with Crippen LogP contribution < -0.4 is 4.74 Å². The van der Waals surface area contributed by atoms with Crippen molar-refractivity contribution >= 4 is 28.4 Å². The highest BCUT2D eigenvalue weighted by Gasteiger charge is 2.15. The Balaban J connectivity index is 2.46. The molecule has 0 saturated carbocycles. The highest BCUT2D eigenvalue weighted by Crippen LogP contribution is 2.27. The first-order valence-corrected chi connectivity index (χ1v) is 7.23. The van der Waals surface area contributed by atoms with Crippen molar-refractivity contribution in [2.24, 2.45) is 0 Å². The number of Topliss-reactive ketones (excluding diaryl/α,β-unsaturated/α-hetero) is 1. The third kappa shape index (κ3) is 3.12. The minimum Gasteiger partial charge on any atom is -0.494 e. The third-order valence-electron chi connectivity index (χ3n) is 3.10. The lowest BCUT2D eigenvalue weighted by Gasteiger charge is -2.09. The molecular formula is C15H19ClN2O2. The van der Waals surface area contributed by atoms with Gasteiger partial charge in [0.25, 0.3) is 0 Å². The molecule has 20 heavy (non-hydrogen) atoms. The Bertz CT molecular complexity index is 620. The molecule has 0 aliphatic heterocycles. The summed E-state index contributed by atoms with van der Waals surface area (Å²) in [6.07, 6.45) is 0.481. The van der Waals surface area contributed by atoms with Crippen LogP contribution in [0.15, 0.2) is 18.2 Å². The van der Waals surface area contributed by atoms with E-state index >= 15 is 0 Å². The molecule has 0 aliphatic rings. The maximum atomic E-state index is 11.2. The molecule has 0 aliphatic carbocycles. The van der Waals surface area contributed by atoms with Gasteiger partial charge in [0.15, 0.2) is 0 Å². The number of carbonyl (C=O) groups is 1. The first-order chi connectivity index (χ1) is 9.52. The molecule has 0 bridgehead atoms. The van der Waals surface area contributed by atoms with Gasteiger partial charge in [-0.1, -0.05) is 0 Å². The molecule has 2 rings (SSSR count). The summed E-state index contributed by atoms with van der Waals surface area (Å²) in [5.74, 6) is 1.74. The molecule has 2 aromatic rings. The van der Waals surface area contributed by atoms with Crippen LogP contribution in [0, 0.1) is 0 Å². The topological polar surface area (TPSA) is 44.1 Å². The number of aromatic nitrogens is 2. The summed E-state index contributed by atoms with van der Waals surface area (Å²) in [6, 6.07) is 5.79. The molecule has 0 saturated heterocycles. The normalized spacial score (nSPS) is 12.6. The molecule has 0 fully saturated rings. The maximum absolute atomic E-state index is 11.2. The molecule has 0 amide bonds. The zero-order valence-corrected chi connectivity index (χ0v) is 12.8. The van der Waals surface area contributed by atoms with Gasteiger partial charge in [0.1, 0.15) is 17.4 Å². The fourth-order valence-corrected chi connectivity index (χ4v) is 2.36. The summed E-state index contributed by atoms with van der Waals surface area (Å²) in [7, 11) is 0. The van der Waals surface area contributed by atoms with Crippen LogP contribution >= 0.6 is 11.6 Å². The first kappa shape index (κ1) is 14.9. The quantitative estimate of drug-likeness (QED) is 0.763. The number of nitrogens with zero attached hydrogens (tertiary/aromatic N) is 2. The van der Waals surface area contributed by atoms with E-state index < -0.39 is 0 Å². The van der Waals surface area contributed by atoms with Crippen LogP contribution in [-0.2, 0) is 11.3 Å². The second-order valence-corrected chi connectivity index (χ2v) is 5.43. The highest BCUT2D eigenvalue weighted by molar-refractivity contribution is 6.20. The Labute approximate surface area is 123 Å². The summed E-state index contributed by atoms with van der Waals surface area (Å²) in [5, 5.41) is -0.204. The van der Waals surface area contributed by atoms with E-state index in [0.717, 1.165) is 22.6 Å². The predicted octanol–water partition coefficient (Wildman–Crippen LogP) is 3.71. The van der Waals surface area contributed by atoms with Gasteiger partial charge in [-0.25, -0.2) is 4.98 Å². The van der Waals surface area contributed by atoms with Crippen molar-refractivity contribution in [1.29, 1.82) is 0 Å². The van der Waals surface area contributed by atoms with Gasteiger partial charge in [0.2, 0.25) is 0 Å². The predicted molar refractivity (Wildman–Crippen MR) is 80.5 cm³/mol. The van der Waals surface area contributed by atoms with E-state index in [2.05, 4.69) is 4.98 Å². The second kappa shape index (κ2) is 6.27. The SMILES string of the molecule is CCOc1ccc2c(c1)nc(C(C)Cl)n2CCC(C)=O. The second-order valence-electron chi connectivity index (χ2n) is 4.77. The van der Waals surface area contributed by atoms with Gasteiger partial charge in [-0.3, -0.25) is 4.79 Å². The molecule has 1 aromatic heterocycles. The van der Waals surface area contributed by atoms with Gasteiger partial charge in [0, 0.05) is 19.0 Å². The molecule has 1 unspecified atom stereocenters. The number of alkyl halides is 1. The largest absolute Gasteiger partial charge is 0.494 e. The number of benzene rings is 1. The van der Waals surface area contributed by atoms with Crippen LogP contribution in [0.5, 0.6) is 5.75 Å². The van der Waals surface area contributed by atoms with Crippen molar-refractivity contribution in [2.75, 3.05) is 6.61 Å². The Hall–Kier alpha value is -1.55. The van der Waals surface area contributed by atoms with Crippen molar-refractivity contribution in [3.05, 3.63) is 24.0 Å². The van der Waals surface area contributed by atoms with E-state index in [9.17, 15) is 4.79 Å². The van der Waals surface area contributed by atoms with Gasteiger partial charge in [-0.2, -0.15) is 0 Å². The molecule has 1 atom stereocenters. The van der Waals surface area contributed by atoms with Crippen molar-refractivity contribution in [3.63, 3.8) is 0 Å². The van der Waals surface area contributed by atoms with Crippen molar-refractivity contribution < 1.29 is 9.53 Å². The molecular weight excluding hydrogens is 276 g/mol. The number of halogens is 1. The molecule has 108 valence electrons. The van der Waals surface area contributed by atoms with E-state index in [0.29, 0.717) is 19.6 Å². The third-order valence-corrected chi connectivity index (χ3v) is 3.30. The molecule has 4 nitrogen and oxygen atoms in total. The molecule has 0 N–H and O–H groups in total. The number of hydrogen-bond donors (Lipinski definition) is 0. The smallest absolute Gasteiger partial charge is 0.131 e. The van der Waals surface area contributed by atoms with E-state index in [1.54, 1.807) is 6.92 Å². The van der Waals surface area contributed by atoms with E-state index in [1.165, 1.54) is 0 Å². The standard InChI is InChI=1S/C15H19ClN2O2/c1-4-20-12-5-6-14-13(9-12)17-15(11(3)16)18(14)8-7-10(2)19/h5-6,9,11H,4,7-8H2,1-3H3. The van der Waals surface area contributed by atoms with Crippen LogP contribution in [0.2, 0.25) is 0 Å². The fraction of sp³-hybridized carbons (Fsp3) is 0.467. The minimum absolute atomic E-state index is 0.158. The number of rotatable bonds is 6. The number of fused-ring (bicyclic) bond motifs is 1. The van der Waals surface area contributed by atoms with Crippen LogP contribution in [0.3, 0.4) is 0 Å². The summed E-state index contributed by atoms with van der Waals surface area (Å²) in [4.78, 5) is 15.8. The van der Waals surface area contributed by atoms with Crippen LogP contribution in [-0.4, -0.2) is 21.9 Å². The lowest BCUT2D eigenvalue weighted by Crippen LogP contribution is -2.07. The van der Waals surface area contributed by atoms with Crippen molar-refractivity contribution in [3.8, 4) is 5.75 Å².